The van der Waals surface area contributed by atoms with E-state index < -0.39 is 20.8 Å². The van der Waals surface area contributed by atoms with Crippen LogP contribution in [-0.2, 0) is 47.1 Å². The maximum absolute atomic E-state index is 4.93. The Bertz CT molecular complexity index is 922. The smallest absolute Gasteiger partial charge is 2.00 e. The summed E-state index contributed by atoms with van der Waals surface area (Å²) in [6, 6.07) is 17.4. The van der Waals surface area contributed by atoms with Crippen LogP contribution in [0, 0.1) is 34.4 Å². The van der Waals surface area contributed by atoms with Crippen molar-refractivity contribution < 1.29 is 71.9 Å². The van der Waals surface area contributed by atoms with Crippen LogP contribution in [0.25, 0.3) is 12.2 Å². The molecule has 2 unspecified atom stereocenters. The molecule has 0 saturated heterocycles. The quantitative estimate of drug-likeness (QED) is 0.391. The number of fused-ring (bicyclic) bond motifs is 2. The summed E-state index contributed by atoms with van der Waals surface area (Å²) in [4.78, 5) is 0. The van der Waals surface area contributed by atoms with Gasteiger partial charge in [-0.1, -0.05) is 72.8 Å². The van der Waals surface area contributed by atoms with E-state index >= 15 is 0 Å². The molecule has 0 amide bonds. The topological polar surface area (TPSA) is 0 Å². The molecule has 4 aliphatic rings. The standard InChI is InChI=1S/C18H14.2C5H5.3CH3.4ClH.2Zr/c1-3-7-15-13(5-1)9-11-17(15)18-12-10-14-6-2-4-8-16(14)18;2*1-2-4-5-3-1;;;;;;;;;/h1-12,17-18H;2*1-3H,4H2;3*1H3;4*1H;;/q;5*-1;;;;;+2;+4/p-4. The van der Waals surface area contributed by atoms with E-state index in [4.69, 9.17) is 17.0 Å². The molecule has 0 nitrogen and oxygen atoms in total. The fourth-order valence-corrected chi connectivity index (χ4v) is 3.86. The van der Waals surface area contributed by atoms with Crippen molar-refractivity contribution >= 4 is 29.2 Å². The summed E-state index contributed by atoms with van der Waals surface area (Å²) in [7, 11) is 9.87. The first-order valence-corrected chi connectivity index (χ1v) is 16.6. The molecule has 0 bridgehead atoms. The van der Waals surface area contributed by atoms with Crippen LogP contribution in [0.2, 0.25) is 0 Å². The molecule has 0 aliphatic heterocycles. The third kappa shape index (κ3) is 14.1. The van der Waals surface area contributed by atoms with Crippen molar-refractivity contribution in [2.24, 2.45) is 0 Å². The summed E-state index contributed by atoms with van der Waals surface area (Å²) >= 11 is -0.826. The van der Waals surface area contributed by atoms with Crippen LogP contribution in [0.1, 0.15) is 46.9 Å². The molecule has 2 aromatic carbocycles. The normalized spacial score (nSPS) is 16.3. The molecule has 0 N–H and O–H groups in total. The van der Waals surface area contributed by atoms with Gasteiger partial charge in [0, 0.05) is 11.8 Å². The first-order valence-electron chi connectivity index (χ1n) is 10.3. The van der Waals surface area contributed by atoms with Crippen molar-refractivity contribution in [1.82, 2.24) is 0 Å². The number of benzene rings is 2. The minimum Gasteiger partial charge on any atom is 2.00 e. The van der Waals surface area contributed by atoms with Gasteiger partial charge in [-0.2, -0.15) is 12.2 Å². The van der Waals surface area contributed by atoms with Gasteiger partial charge in [-0.05, 0) is 22.3 Å². The summed E-state index contributed by atoms with van der Waals surface area (Å²) in [5, 5.41) is 0. The monoisotopic (exact) mass is 725 g/mol. The maximum atomic E-state index is 4.93. The van der Waals surface area contributed by atoms with Crippen molar-refractivity contribution in [2.45, 2.75) is 24.7 Å². The van der Waals surface area contributed by atoms with Crippen molar-refractivity contribution in [3.8, 4) is 0 Å². The molecule has 2 atom stereocenters. The van der Waals surface area contributed by atoms with Crippen molar-refractivity contribution in [3.63, 3.8) is 0 Å². The van der Waals surface area contributed by atoms with Gasteiger partial charge in [0.05, 0.1) is 0 Å². The fourth-order valence-electron chi connectivity index (χ4n) is 3.86. The minimum absolute atomic E-state index is 0. The number of halogens is 4. The molecule has 0 saturated carbocycles. The molecule has 0 radical (unpaired) electrons. The summed E-state index contributed by atoms with van der Waals surface area (Å²) in [6.07, 6.45) is 29.2. The Balaban J connectivity index is -0.000000244. The largest absolute Gasteiger partial charge is 2.00 e. The Kier molecular flexibility index (Phi) is 30.9. The summed E-state index contributed by atoms with van der Waals surface area (Å²) in [5.41, 5.74) is 5.67. The zero-order chi connectivity index (χ0) is 21.7. The Morgan fingerprint density at radius 2 is 1.00 bits per heavy atom. The summed E-state index contributed by atoms with van der Waals surface area (Å²) in [6.45, 7) is 0. The number of allylic oxidation sites excluding steroid dienone is 10. The van der Waals surface area contributed by atoms with Gasteiger partial charge < -0.3 is 47.1 Å². The Labute approximate surface area is 276 Å². The molecule has 0 aromatic heterocycles. The van der Waals surface area contributed by atoms with Crippen LogP contribution in [0.4, 0.5) is 0 Å². The van der Waals surface area contributed by atoms with Crippen LogP contribution in [0.15, 0.2) is 97.1 Å². The van der Waals surface area contributed by atoms with Crippen LogP contribution in [0.5, 0.6) is 0 Å². The van der Waals surface area contributed by atoms with E-state index in [0.29, 0.717) is 11.8 Å². The first kappa shape index (κ1) is 43.8. The third-order valence-electron chi connectivity index (χ3n) is 5.24. The van der Waals surface area contributed by atoms with E-state index in [2.05, 4.69) is 97.1 Å². The molecule has 6 heteroatoms. The van der Waals surface area contributed by atoms with Crippen LogP contribution < -0.4 is 24.8 Å². The number of hydrogen-bond acceptors (Lipinski definition) is 0. The molecule has 37 heavy (non-hydrogen) atoms. The predicted molar refractivity (Wildman–Crippen MR) is 151 cm³/mol. The van der Waals surface area contributed by atoms with Gasteiger partial charge in [-0.3, -0.25) is 12.2 Å². The van der Waals surface area contributed by atoms with Gasteiger partial charge in [0.2, 0.25) is 0 Å². The third-order valence-corrected chi connectivity index (χ3v) is 5.24. The Morgan fingerprint density at radius 1 is 0.649 bits per heavy atom. The molecule has 4 aliphatic carbocycles. The van der Waals surface area contributed by atoms with Crippen molar-refractivity contribution in [3.05, 3.63) is 154 Å². The Hall–Kier alpha value is -0.194. The molecule has 0 fully saturated rings. The van der Waals surface area contributed by atoms with Crippen LogP contribution >= 0.6 is 17.0 Å². The van der Waals surface area contributed by atoms with Gasteiger partial charge in [0.25, 0.3) is 0 Å². The molecule has 196 valence electrons. The van der Waals surface area contributed by atoms with Crippen LogP contribution in [0.3, 0.4) is 0 Å². The summed E-state index contributed by atoms with van der Waals surface area (Å²) < 4.78 is 0. The summed E-state index contributed by atoms with van der Waals surface area (Å²) in [5.74, 6) is 1.00. The second-order valence-corrected chi connectivity index (χ2v) is 10.8. The zero-order valence-electron chi connectivity index (χ0n) is 21.5. The van der Waals surface area contributed by atoms with Gasteiger partial charge in [-0.15, -0.1) is 12.8 Å². The van der Waals surface area contributed by atoms with E-state index in [-0.39, 0.29) is 73.3 Å². The van der Waals surface area contributed by atoms with Gasteiger partial charge in [0.15, 0.2) is 0 Å². The minimum atomic E-state index is -0.826. The number of rotatable bonds is 1. The van der Waals surface area contributed by atoms with E-state index in [1.807, 2.05) is 24.3 Å². The molecular weight excluding hydrogens is 697 g/mol. The van der Waals surface area contributed by atoms with Crippen molar-refractivity contribution in [1.29, 1.82) is 0 Å². The predicted octanol–water partition coefficient (Wildman–Crippen LogP) is 3.95. The molecular formula is C31H33Cl4Zr2-3. The molecule has 2 aromatic rings. The molecule has 6 rings (SSSR count). The fraction of sp³-hybridized carbons (Fsp3) is 0.129. The van der Waals surface area contributed by atoms with Crippen molar-refractivity contribution in [2.75, 3.05) is 0 Å². The SMILES string of the molecule is C1=CC(C2C=Cc3ccccc32)c2ccccc21.[C-]1=CC=CC1.[C-]1=CC=CC1.[CH3-].[CH3-].[CH3-].[Cl-].[Cl-].[Cl][Zr+2][Cl].[Zr+2]. The number of hydrogen-bond donors (Lipinski definition) is 0. The second-order valence-electron chi connectivity index (χ2n) is 7.11. The molecule has 0 heterocycles. The average Bonchev–Trinajstić information content (AvgIpc) is 3.62. The van der Waals surface area contributed by atoms with E-state index in [0.717, 1.165) is 12.8 Å². The van der Waals surface area contributed by atoms with Gasteiger partial charge in [-0.25, -0.2) is 24.3 Å². The molecule has 0 spiro atoms. The van der Waals surface area contributed by atoms with E-state index in [1.165, 1.54) is 22.3 Å². The van der Waals surface area contributed by atoms with Crippen LogP contribution in [-0.4, -0.2) is 0 Å². The Morgan fingerprint density at radius 3 is 1.27 bits per heavy atom. The van der Waals surface area contributed by atoms with E-state index in [1.54, 1.807) is 0 Å². The van der Waals surface area contributed by atoms with E-state index in [9.17, 15) is 0 Å². The van der Waals surface area contributed by atoms with Gasteiger partial charge >= 0.3 is 64.1 Å². The maximum Gasteiger partial charge on any atom is 2.00 e. The zero-order valence-corrected chi connectivity index (χ0v) is 29.4. The average molecular weight is 730 g/mol. The van der Waals surface area contributed by atoms with Gasteiger partial charge in [0.1, 0.15) is 0 Å². The first-order chi connectivity index (χ1) is 15.3. The second kappa shape index (κ2) is 26.1.